The van der Waals surface area contributed by atoms with Crippen LogP contribution in [0.4, 0.5) is 4.79 Å². The molecule has 1 saturated heterocycles. The van der Waals surface area contributed by atoms with E-state index in [0.717, 1.165) is 11.1 Å². The van der Waals surface area contributed by atoms with E-state index in [9.17, 15) is 4.79 Å². The Labute approximate surface area is 135 Å². The lowest BCUT2D eigenvalue weighted by atomic mass is 9.97. The van der Waals surface area contributed by atoms with E-state index in [1.807, 2.05) is 60.7 Å². The molecule has 2 aromatic rings. The quantitative estimate of drug-likeness (QED) is 0.796. The van der Waals surface area contributed by atoms with E-state index < -0.39 is 12.1 Å². The van der Waals surface area contributed by atoms with Crippen molar-refractivity contribution in [2.75, 3.05) is 20.8 Å². The smallest absolute Gasteiger partial charge is 0.389 e. The van der Waals surface area contributed by atoms with Crippen LogP contribution in [0.25, 0.3) is 0 Å². The van der Waals surface area contributed by atoms with Gasteiger partial charge in [-0.15, -0.1) is 0 Å². The maximum Gasteiger partial charge on any atom is 0.415 e. The van der Waals surface area contributed by atoms with E-state index in [2.05, 4.69) is 0 Å². The third kappa shape index (κ3) is 2.93. The van der Waals surface area contributed by atoms with Gasteiger partial charge in [-0.3, -0.25) is 4.90 Å². The van der Waals surface area contributed by atoms with E-state index in [4.69, 9.17) is 14.2 Å². The second-order valence-corrected chi connectivity index (χ2v) is 5.31. The number of hydrogen-bond acceptors (Lipinski definition) is 4. The molecule has 0 aliphatic carbocycles. The number of carbonyl (C=O) groups excluding carboxylic acids is 1. The maximum absolute atomic E-state index is 12.4. The summed E-state index contributed by atoms with van der Waals surface area (Å²) in [6.07, 6.45) is -0.466. The van der Waals surface area contributed by atoms with Crippen molar-refractivity contribution in [3.8, 4) is 0 Å². The lowest BCUT2D eigenvalue weighted by Gasteiger charge is -2.27. The summed E-state index contributed by atoms with van der Waals surface area (Å²) in [5, 5.41) is 0. The zero-order valence-corrected chi connectivity index (χ0v) is 13.1. The monoisotopic (exact) mass is 313 g/mol. The average molecular weight is 313 g/mol. The summed E-state index contributed by atoms with van der Waals surface area (Å²) >= 11 is 0. The van der Waals surface area contributed by atoms with E-state index in [1.165, 1.54) is 14.2 Å². The van der Waals surface area contributed by atoms with Crippen molar-refractivity contribution in [1.82, 2.24) is 4.90 Å². The van der Waals surface area contributed by atoms with Gasteiger partial charge in [0.1, 0.15) is 6.54 Å². The minimum Gasteiger partial charge on any atom is -0.389 e. The minimum atomic E-state index is -1.36. The number of rotatable bonds is 5. The Morgan fingerprint density at radius 1 is 0.957 bits per heavy atom. The van der Waals surface area contributed by atoms with Crippen LogP contribution >= 0.6 is 0 Å². The topological polar surface area (TPSA) is 48.0 Å². The summed E-state index contributed by atoms with van der Waals surface area (Å²) in [5.74, 6) is -1.36. The molecular formula is C18H19NO4. The van der Waals surface area contributed by atoms with Gasteiger partial charge >= 0.3 is 12.1 Å². The highest BCUT2D eigenvalue weighted by atomic mass is 16.9. The van der Waals surface area contributed by atoms with Crippen LogP contribution in [-0.4, -0.2) is 37.7 Å². The van der Waals surface area contributed by atoms with Crippen molar-refractivity contribution < 1.29 is 19.0 Å². The van der Waals surface area contributed by atoms with Crippen molar-refractivity contribution in [3.63, 3.8) is 0 Å². The first-order valence-electron chi connectivity index (χ1n) is 7.39. The van der Waals surface area contributed by atoms with Gasteiger partial charge in [0.05, 0.1) is 6.04 Å². The van der Waals surface area contributed by atoms with Gasteiger partial charge in [0.2, 0.25) is 0 Å². The predicted molar refractivity (Wildman–Crippen MR) is 84.7 cm³/mol. The third-order valence-corrected chi connectivity index (χ3v) is 4.01. The minimum absolute atomic E-state index is 0.188. The Balaban J connectivity index is 2.02. The van der Waals surface area contributed by atoms with Crippen LogP contribution in [0.2, 0.25) is 0 Å². The van der Waals surface area contributed by atoms with Crippen molar-refractivity contribution in [2.24, 2.45) is 0 Å². The number of carbonyl (C=O) groups is 1. The molecule has 120 valence electrons. The zero-order chi connectivity index (χ0) is 16.3. The van der Waals surface area contributed by atoms with E-state index in [-0.39, 0.29) is 12.6 Å². The van der Waals surface area contributed by atoms with Gasteiger partial charge in [0, 0.05) is 14.2 Å². The highest BCUT2D eigenvalue weighted by Gasteiger charge is 2.49. The molecule has 0 bridgehead atoms. The third-order valence-electron chi connectivity index (χ3n) is 4.01. The van der Waals surface area contributed by atoms with E-state index >= 15 is 0 Å². The van der Waals surface area contributed by atoms with Crippen molar-refractivity contribution in [3.05, 3.63) is 71.8 Å². The molecule has 0 unspecified atom stereocenters. The molecule has 5 nitrogen and oxygen atoms in total. The highest BCUT2D eigenvalue weighted by molar-refractivity contribution is 5.71. The largest absolute Gasteiger partial charge is 0.415 e. The number of nitrogens with zero attached hydrogens (tertiary/aromatic N) is 1. The second kappa shape index (κ2) is 6.40. The molecule has 23 heavy (non-hydrogen) atoms. The highest BCUT2D eigenvalue weighted by Crippen LogP contribution is 2.35. The van der Waals surface area contributed by atoms with Crippen LogP contribution in [0.1, 0.15) is 17.2 Å². The first-order chi connectivity index (χ1) is 11.2. The molecule has 0 spiro atoms. The lowest BCUT2D eigenvalue weighted by molar-refractivity contribution is -0.315. The molecule has 3 rings (SSSR count). The molecular weight excluding hydrogens is 294 g/mol. The Bertz CT molecular complexity index is 616. The maximum atomic E-state index is 12.4. The fourth-order valence-electron chi connectivity index (χ4n) is 2.81. The first kappa shape index (κ1) is 15.5. The Morgan fingerprint density at radius 3 is 1.83 bits per heavy atom. The molecule has 0 aromatic heterocycles. The van der Waals surface area contributed by atoms with Crippen LogP contribution in [0, 0.1) is 0 Å². The first-order valence-corrected chi connectivity index (χ1v) is 7.39. The number of methoxy groups -OCH3 is 2. The molecule has 5 heteroatoms. The summed E-state index contributed by atoms with van der Waals surface area (Å²) < 4.78 is 15.9. The predicted octanol–water partition coefficient (Wildman–Crippen LogP) is 3.17. The standard InChI is InChI=1S/C18H19NO4/c1-21-18(22-2)13-19(17(20)23-18)16(14-9-5-3-6-10-14)15-11-7-4-8-12-15/h3-12,16H,13H2,1-2H3. The second-order valence-electron chi connectivity index (χ2n) is 5.31. The Morgan fingerprint density at radius 2 is 1.43 bits per heavy atom. The summed E-state index contributed by atoms with van der Waals surface area (Å²) in [7, 11) is 2.92. The summed E-state index contributed by atoms with van der Waals surface area (Å²) in [6.45, 7) is 0.188. The number of amides is 1. The summed E-state index contributed by atoms with van der Waals surface area (Å²) in [4.78, 5) is 14.1. The number of benzene rings is 2. The normalized spacial score (nSPS) is 16.7. The molecule has 0 atom stereocenters. The van der Waals surface area contributed by atoms with Gasteiger partial charge in [0.15, 0.2) is 0 Å². The molecule has 2 aromatic carbocycles. The summed E-state index contributed by atoms with van der Waals surface area (Å²) in [6, 6.07) is 19.4. The number of ether oxygens (including phenoxy) is 3. The average Bonchev–Trinajstić information content (AvgIpc) is 2.94. The van der Waals surface area contributed by atoms with Crippen LogP contribution in [-0.2, 0) is 14.2 Å². The van der Waals surface area contributed by atoms with Crippen LogP contribution in [0.15, 0.2) is 60.7 Å². The van der Waals surface area contributed by atoms with Gasteiger partial charge in [-0.1, -0.05) is 60.7 Å². The molecule has 1 heterocycles. The van der Waals surface area contributed by atoms with Crippen molar-refractivity contribution in [2.45, 2.75) is 12.0 Å². The molecule has 0 radical (unpaired) electrons. The molecule has 1 aliphatic rings. The van der Waals surface area contributed by atoms with Crippen LogP contribution < -0.4 is 0 Å². The van der Waals surface area contributed by atoms with Crippen LogP contribution in [0.5, 0.6) is 0 Å². The molecule has 0 saturated carbocycles. The Kier molecular flexibility index (Phi) is 4.32. The lowest BCUT2D eigenvalue weighted by Crippen LogP contribution is -2.39. The van der Waals surface area contributed by atoms with Crippen LogP contribution in [0.3, 0.4) is 0 Å². The fourth-order valence-corrected chi connectivity index (χ4v) is 2.81. The SMILES string of the molecule is COC1(OC)CN(C(c2ccccc2)c2ccccc2)C(=O)O1. The number of hydrogen-bond donors (Lipinski definition) is 0. The zero-order valence-electron chi connectivity index (χ0n) is 13.1. The summed E-state index contributed by atoms with van der Waals surface area (Å²) in [5.41, 5.74) is 2.00. The molecule has 1 fully saturated rings. The van der Waals surface area contributed by atoms with Crippen molar-refractivity contribution in [1.29, 1.82) is 0 Å². The van der Waals surface area contributed by atoms with Gasteiger partial charge < -0.3 is 14.2 Å². The van der Waals surface area contributed by atoms with Gasteiger partial charge in [0.25, 0.3) is 0 Å². The van der Waals surface area contributed by atoms with E-state index in [1.54, 1.807) is 4.90 Å². The fraction of sp³-hybridized carbons (Fsp3) is 0.278. The number of cyclic esters (lactones) is 1. The van der Waals surface area contributed by atoms with Crippen molar-refractivity contribution >= 4 is 6.09 Å². The molecule has 1 aliphatic heterocycles. The Hall–Kier alpha value is -2.37. The molecule has 0 N–H and O–H groups in total. The van der Waals surface area contributed by atoms with Gasteiger partial charge in [-0.25, -0.2) is 4.79 Å². The van der Waals surface area contributed by atoms with Gasteiger partial charge in [-0.2, -0.15) is 0 Å². The van der Waals surface area contributed by atoms with Gasteiger partial charge in [-0.05, 0) is 11.1 Å². The van der Waals surface area contributed by atoms with E-state index in [0.29, 0.717) is 0 Å². The molecule has 1 amide bonds.